The summed E-state index contributed by atoms with van der Waals surface area (Å²) in [6.07, 6.45) is 5.84. The van der Waals surface area contributed by atoms with Crippen LogP contribution >= 0.6 is 0 Å². The Labute approximate surface area is 147 Å². The maximum atomic E-state index is 12.9. The number of nitrogens with one attached hydrogen (secondary N) is 1. The lowest BCUT2D eigenvalue weighted by Crippen LogP contribution is -2.48. The summed E-state index contributed by atoms with van der Waals surface area (Å²) in [5.74, 6) is -1.02. The summed E-state index contributed by atoms with van der Waals surface area (Å²) in [4.78, 5) is 41.1. The summed E-state index contributed by atoms with van der Waals surface area (Å²) < 4.78 is 0. The fourth-order valence-corrected chi connectivity index (χ4v) is 4.29. The van der Waals surface area contributed by atoms with Gasteiger partial charge in [0.15, 0.2) is 0 Å². The fraction of sp³-hybridized carbons (Fsp3) is 0.526. The number of likely N-dealkylation sites (tertiary alicyclic amines) is 2. The van der Waals surface area contributed by atoms with Crippen LogP contribution in [0.3, 0.4) is 0 Å². The summed E-state index contributed by atoms with van der Waals surface area (Å²) in [6, 6.07) is 5.48. The zero-order valence-electron chi connectivity index (χ0n) is 14.3. The molecule has 0 radical (unpaired) electrons. The molecule has 3 aliphatic heterocycles. The molecule has 132 valence electrons. The van der Waals surface area contributed by atoms with Gasteiger partial charge in [-0.2, -0.15) is 0 Å². The van der Waals surface area contributed by atoms with Gasteiger partial charge in [0, 0.05) is 19.1 Å². The molecular formula is C19H23N3O3. The Hall–Kier alpha value is -2.21. The van der Waals surface area contributed by atoms with E-state index in [9.17, 15) is 14.4 Å². The third kappa shape index (κ3) is 2.95. The Bertz CT molecular complexity index is 717. The lowest BCUT2D eigenvalue weighted by Gasteiger charge is -2.40. The first-order chi connectivity index (χ1) is 12.1. The molecule has 0 bridgehead atoms. The van der Waals surface area contributed by atoms with Gasteiger partial charge in [-0.3, -0.25) is 19.7 Å². The number of rotatable bonds is 2. The first-order valence-electron chi connectivity index (χ1n) is 9.17. The van der Waals surface area contributed by atoms with Gasteiger partial charge in [0.1, 0.15) is 0 Å². The fourth-order valence-electron chi connectivity index (χ4n) is 4.29. The van der Waals surface area contributed by atoms with E-state index in [-0.39, 0.29) is 11.5 Å². The average Bonchev–Trinajstić information content (AvgIpc) is 2.96. The van der Waals surface area contributed by atoms with Crippen LogP contribution in [0.5, 0.6) is 0 Å². The van der Waals surface area contributed by atoms with Crippen molar-refractivity contribution in [1.29, 1.82) is 0 Å². The molecule has 0 aliphatic carbocycles. The van der Waals surface area contributed by atoms with Crippen molar-refractivity contribution in [2.75, 3.05) is 26.2 Å². The number of benzene rings is 1. The van der Waals surface area contributed by atoms with E-state index in [1.165, 1.54) is 32.4 Å². The van der Waals surface area contributed by atoms with Gasteiger partial charge in [-0.1, -0.05) is 12.5 Å². The molecule has 25 heavy (non-hydrogen) atoms. The van der Waals surface area contributed by atoms with Crippen LogP contribution in [0.2, 0.25) is 0 Å². The molecule has 1 aromatic carbocycles. The van der Waals surface area contributed by atoms with Gasteiger partial charge < -0.3 is 9.80 Å². The van der Waals surface area contributed by atoms with Crippen molar-refractivity contribution in [3.63, 3.8) is 0 Å². The number of carbonyl (C=O) groups is 3. The maximum absolute atomic E-state index is 12.9. The molecule has 0 atom stereocenters. The topological polar surface area (TPSA) is 69.7 Å². The van der Waals surface area contributed by atoms with Gasteiger partial charge in [-0.25, -0.2) is 0 Å². The molecule has 6 nitrogen and oxygen atoms in total. The lowest BCUT2D eigenvalue weighted by atomic mass is 9.97. The van der Waals surface area contributed by atoms with Crippen LogP contribution in [0, 0.1) is 0 Å². The quantitative estimate of drug-likeness (QED) is 0.831. The number of amides is 3. The maximum Gasteiger partial charge on any atom is 0.259 e. The lowest BCUT2D eigenvalue weighted by molar-refractivity contribution is 0.0587. The van der Waals surface area contributed by atoms with Crippen LogP contribution in [-0.4, -0.2) is 59.7 Å². The number of piperidine rings is 2. The average molecular weight is 341 g/mol. The van der Waals surface area contributed by atoms with Gasteiger partial charge in [-0.15, -0.1) is 0 Å². The molecule has 0 spiro atoms. The van der Waals surface area contributed by atoms with E-state index in [0.29, 0.717) is 30.3 Å². The Morgan fingerprint density at radius 2 is 1.68 bits per heavy atom. The molecule has 1 N–H and O–H groups in total. The first kappa shape index (κ1) is 16.3. The number of imide groups is 1. The van der Waals surface area contributed by atoms with Crippen LogP contribution in [0.15, 0.2) is 18.2 Å². The van der Waals surface area contributed by atoms with Crippen molar-refractivity contribution in [2.45, 2.75) is 38.1 Å². The van der Waals surface area contributed by atoms with Crippen molar-refractivity contribution in [2.24, 2.45) is 0 Å². The molecule has 0 saturated carbocycles. The second-order valence-electron chi connectivity index (χ2n) is 7.13. The van der Waals surface area contributed by atoms with Gasteiger partial charge in [-0.05, 0) is 50.9 Å². The second-order valence-corrected chi connectivity index (χ2v) is 7.13. The highest BCUT2D eigenvalue weighted by atomic mass is 16.2. The highest BCUT2D eigenvalue weighted by Crippen LogP contribution is 2.25. The third-order valence-electron chi connectivity index (χ3n) is 5.65. The standard InChI is InChI=1S/C19H23N3O3/c23-17-14-5-4-6-15(16(14)18(24)20-17)19(25)22-11-7-13(8-12-22)21-9-2-1-3-10-21/h4-6,13H,1-3,7-12H2,(H,20,23,24). The summed E-state index contributed by atoms with van der Waals surface area (Å²) in [7, 11) is 0. The molecule has 4 rings (SSSR count). The van der Waals surface area contributed by atoms with Crippen molar-refractivity contribution in [3.05, 3.63) is 34.9 Å². The summed E-state index contributed by atoms with van der Waals surface area (Å²) in [6.45, 7) is 3.76. The van der Waals surface area contributed by atoms with Crippen LogP contribution in [0.4, 0.5) is 0 Å². The Morgan fingerprint density at radius 1 is 0.960 bits per heavy atom. The highest BCUT2D eigenvalue weighted by Gasteiger charge is 2.34. The molecule has 2 saturated heterocycles. The van der Waals surface area contributed by atoms with Crippen molar-refractivity contribution >= 4 is 17.7 Å². The minimum atomic E-state index is -0.466. The van der Waals surface area contributed by atoms with E-state index in [1.807, 2.05) is 4.90 Å². The third-order valence-corrected chi connectivity index (χ3v) is 5.65. The minimum Gasteiger partial charge on any atom is -0.339 e. The number of carbonyl (C=O) groups excluding carboxylic acids is 3. The molecule has 3 amide bonds. The molecule has 6 heteroatoms. The number of hydrogen-bond acceptors (Lipinski definition) is 4. The molecule has 2 fully saturated rings. The smallest absolute Gasteiger partial charge is 0.259 e. The molecule has 0 unspecified atom stereocenters. The van der Waals surface area contributed by atoms with Crippen LogP contribution in [0.1, 0.15) is 63.2 Å². The van der Waals surface area contributed by atoms with Crippen molar-refractivity contribution in [1.82, 2.24) is 15.1 Å². The van der Waals surface area contributed by atoms with Gasteiger partial charge in [0.05, 0.1) is 16.7 Å². The summed E-state index contributed by atoms with van der Waals surface area (Å²) in [5.41, 5.74) is 0.881. The predicted octanol–water partition coefficient (Wildman–Crippen LogP) is 1.66. The van der Waals surface area contributed by atoms with Gasteiger partial charge in [0.25, 0.3) is 17.7 Å². The molecule has 3 aliphatic rings. The zero-order chi connectivity index (χ0) is 17.4. The van der Waals surface area contributed by atoms with Crippen LogP contribution in [-0.2, 0) is 0 Å². The molecule has 0 aromatic heterocycles. The van der Waals surface area contributed by atoms with Crippen molar-refractivity contribution < 1.29 is 14.4 Å². The van der Waals surface area contributed by atoms with Crippen LogP contribution < -0.4 is 5.32 Å². The van der Waals surface area contributed by atoms with Crippen molar-refractivity contribution in [3.8, 4) is 0 Å². The summed E-state index contributed by atoms with van der Waals surface area (Å²) in [5, 5.41) is 2.28. The first-order valence-corrected chi connectivity index (χ1v) is 9.17. The van der Waals surface area contributed by atoms with E-state index in [2.05, 4.69) is 10.2 Å². The highest BCUT2D eigenvalue weighted by molar-refractivity contribution is 6.25. The Balaban J connectivity index is 1.47. The number of nitrogens with zero attached hydrogens (tertiary/aromatic N) is 2. The van der Waals surface area contributed by atoms with Crippen LogP contribution in [0.25, 0.3) is 0 Å². The monoisotopic (exact) mass is 341 g/mol. The van der Waals surface area contributed by atoms with E-state index in [1.54, 1.807) is 18.2 Å². The summed E-state index contributed by atoms with van der Waals surface area (Å²) >= 11 is 0. The van der Waals surface area contributed by atoms with E-state index in [4.69, 9.17) is 0 Å². The predicted molar refractivity (Wildman–Crippen MR) is 92.6 cm³/mol. The van der Waals surface area contributed by atoms with Gasteiger partial charge >= 0.3 is 0 Å². The SMILES string of the molecule is O=C1NC(=O)c2c1cccc2C(=O)N1CCC(N2CCCCC2)CC1. The Kier molecular flexibility index (Phi) is 4.29. The second kappa shape index (κ2) is 6.59. The largest absolute Gasteiger partial charge is 0.339 e. The normalized spacial score (nSPS) is 22.0. The van der Waals surface area contributed by atoms with E-state index in [0.717, 1.165) is 12.8 Å². The number of hydrogen-bond donors (Lipinski definition) is 1. The van der Waals surface area contributed by atoms with Gasteiger partial charge in [0.2, 0.25) is 0 Å². The van der Waals surface area contributed by atoms with E-state index >= 15 is 0 Å². The Morgan fingerprint density at radius 3 is 2.40 bits per heavy atom. The molecular weight excluding hydrogens is 318 g/mol. The van der Waals surface area contributed by atoms with E-state index < -0.39 is 11.8 Å². The minimum absolute atomic E-state index is 0.140. The molecule has 1 aromatic rings. The zero-order valence-corrected chi connectivity index (χ0v) is 14.3. The number of fused-ring (bicyclic) bond motifs is 1. The molecule has 3 heterocycles.